The molecular formula is C24H30N2O5. The molecule has 7 heteroatoms. The lowest BCUT2D eigenvalue weighted by atomic mass is 9.52. The van der Waals surface area contributed by atoms with Crippen LogP contribution in [0.25, 0.3) is 0 Å². The number of carboxylic acid groups (broad SMARTS) is 1. The molecule has 2 amide bonds. The first kappa shape index (κ1) is 20.3. The Bertz CT molecular complexity index is 860. The van der Waals surface area contributed by atoms with E-state index in [1.165, 1.54) is 6.42 Å². The number of carboxylic acids is 1. The highest BCUT2D eigenvalue weighted by molar-refractivity contribution is 5.96. The molecule has 0 aliphatic heterocycles. The summed E-state index contributed by atoms with van der Waals surface area (Å²) in [5.41, 5.74) is -0.384. The SMILES string of the molecule is O=C(NC12CC3CC(CC(C3)C1=O)C2)N[C@H]1CC[C@H](Oc2ccc(C(=O)O)cc2)CC1. The van der Waals surface area contributed by atoms with Gasteiger partial charge in [0.2, 0.25) is 0 Å². The number of carbonyl (C=O) groups excluding carboxylic acids is 2. The van der Waals surface area contributed by atoms with E-state index in [2.05, 4.69) is 10.6 Å². The van der Waals surface area contributed by atoms with Crippen LogP contribution in [-0.4, -0.2) is 40.6 Å². The third kappa shape index (κ3) is 4.02. The second-order valence-electron chi connectivity index (χ2n) is 10.0. The lowest BCUT2D eigenvalue weighted by molar-refractivity contribution is -0.144. The van der Waals surface area contributed by atoms with Crippen molar-refractivity contribution in [1.29, 1.82) is 0 Å². The largest absolute Gasteiger partial charge is 0.490 e. The van der Waals surface area contributed by atoms with Crippen LogP contribution in [0.15, 0.2) is 24.3 Å². The molecule has 0 heterocycles. The molecule has 5 aliphatic rings. The van der Waals surface area contributed by atoms with Crippen molar-refractivity contribution in [1.82, 2.24) is 10.6 Å². The van der Waals surface area contributed by atoms with Crippen LogP contribution in [0.5, 0.6) is 5.75 Å². The van der Waals surface area contributed by atoms with E-state index >= 15 is 0 Å². The van der Waals surface area contributed by atoms with Gasteiger partial charge in [0.1, 0.15) is 11.3 Å². The number of aromatic carboxylic acids is 1. The summed E-state index contributed by atoms with van der Waals surface area (Å²) < 4.78 is 5.98. The summed E-state index contributed by atoms with van der Waals surface area (Å²) in [7, 11) is 0. The highest BCUT2D eigenvalue weighted by Gasteiger charge is 2.57. The van der Waals surface area contributed by atoms with E-state index < -0.39 is 11.5 Å². The molecule has 7 nitrogen and oxygen atoms in total. The smallest absolute Gasteiger partial charge is 0.335 e. The number of rotatable bonds is 5. The van der Waals surface area contributed by atoms with Gasteiger partial charge in [0.15, 0.2) is 5.78 Å². The third-order valence-electron chi connectivity index (χ3n) is 7.79. The maximum absolute atomic E-state index is 12.9. The first-order chi connectivity index (χ1) is 14.9. The predicted octanol–water partition coefficient (Wildman–Crippen LogP) is 3.52. The molecule has 5 fully saturated rings. The maximum Gasteiger partial charge on any atom is 0.335 e. The Morgan fingerprint density at radius 3 is 2.23 bits per heavy atom. The van der Waals surface area contributed by atoms with E-state index in [1.807, 2.05) is 0 Å². The van der Waals surface area contributed by atoms with Crippen molar-refractivity contribution >= 4 is 17.8 Å². The minimum absolute atomic E-state index is 0.0570. The lowest BCUT2D eigenvalue weighted by Gasteiger charge is -2.55. The number of hydrogen-bond donors (Lipinski definition) is 3. The van der Waals surface area contributed by atoms with Gasteiger partial charge in [-0.25, -0.2) is 9.59 Å². The number of nitrogens with one attached hydrogen (secondary N) is 2. The molecular weight excluding hydrogens is 396 g/mol. The number of ketones is 1. The predicted molar refractivity (Wildman–Crippen MR) is 113 cm³/mol. The zero-order valence-electron chi connectivity index (χ0n) is 17.6. The van der Waals surface area contributed by atoms with Crippen LogP contribution in [0.2, 0.25) is 0 Å². The van der Waals surface area contributed by atoms with Crippen LogP contribution in [0, 0.1) is 17.8 Å². The van der Waals surface area contributed by atoms with Crippen molar-refractivity contribution in [3.05, 3.63) is 29.8 Å². The quantitative estimate of drug-likeness (QED) is 0.668. The maximum atomic E-state index is 12.9. The molecule has 2 unspecified atom stereocenters. The van der Waals surface area contributed by atoms with Gasteiger partial charge in [-0.2, -0.15) is 0 Å². The number of hydrogen-bond acceptors (Lipinski definition) is 4. The number of benzene rings is 1. The van der Waals surface area contributed by atoms with Gasteiger partial charge in [-0.05, 0) is 93.9 Å². The van der Waals surface area contributed by atoms with E-state index in [1.54, 1.807) is 24.3 Å². The van der Waals surface area contributed by atoms with E-state index in [0.29, 0.717) is 17.6 Å². The minimum Gasteiger partial charge on any atom is -0.490 e. The molecule has 1 aromatic carbocycles. The fourth-order valence-electron chi connectivity index (χ4n) is 6.57. The summed E-state index contributed by atoms with van der Waals surface area (Å²) >= 11 is 0. The molecule has 31 heavy (non-hydrogen) atoms. The van der Waals surface area contributed by atoms with Gasteiger partial charge < -0.3 is 20.5 Å². The molecule has 0 radical (unpaired) electrons. The summed E-state index contributed by atoms with van der Waals surface area (Å²) in [6.45, 7) is 0. The van der Waals surface area contributed by atoms with Crippen LogP contribution in [0.1, 0.15) is 68.1 Å². The van der Waals surface area contributed by atoms with E-state index in [9.17, 15) is 14.4 Å². The van der Waals surface area contributed by atoms with Gasteiger partial charge in [-0.3, -0.25) is 4.79 Å². The molecule has 2 atom stereocenters. The van der Waals surface area contributed by atoms with Gasteiger partial charge in [-0.15, -0.1) is 0 Å². The molecule has 5 saturated carbocycles. The average Bonchev–Trinajstić information content (AvgIpc) is 2.73. The lowest BCUT2D eigenvalue weighted by Crippen LogP contribution is -2.67. The Kier molecular flexibility index (Phi) is 5.15. The van der Waals surface area contributed by atoms with Crippen molar-refractivity contribution in [3.63, 3.8) is 0 Å². The van der Waals surface area contributed by atoms with Crippen LogP contribution in [0.3, 0.4) is 0 Å². The van der Waals surface area contributed by atoms with Gasteiger partial charge in [0.05, 0.1) is 11.7 Å². The van der Waals surface area contributed by atoms with E-state index in [4.69, 9.17) is 9.84 Å². The number of carbonyl (C=O) groups is 3. The monoisotopic (exact) mass is 426 g/mol. The van der Waals surface area contributed by atoms with Gasteiger partial charge >= 0.3 is 12.0 Å². The molecule has 166 valence electrons. The summed E-state index contributed by atoms with van der Waals surface area (Å²) in [4.78, 5) is 36.6. The normalized spacial score (nSPS) is 36.1. The van der Waals surface area contributed by atoms with Crippen LogP contribution < -0.4 is 15.4 Å². The van der Waals surface area contributed by atoms with Gasteiger partial charge in [-0.1, -0.05) is 0 Å². The number of amides is 2. The van der Waals surface area contributed by atoms with Crippen molar-refractivity contribution in [2.24, 2.45) is 17.8 Å². The Labute approximate surface area is 181 Å². The molecule has 5 aliphatic carbocycles. The molecule has 6 rings (SSSR count). The fourth-order valence-corrected chi connectivity index (χ4v) is 6.57. The summed E-state index contributed by atoms with van der Waals surface area (Å²) in [6.07, 6.45) is 8.22. The summed E-state index contributed by atoms with van der Waals surface area (Å²) in [5, 5.41) is 15.2. The van der Waals surface area contributed by atoms with Crippen LogP contribution >= 0.6 is 0 Å². The van der Waals surface area contributed by atoms with Crippen LogP contribution in [0.4, 0.5) is 4.79 Å². The van der Waals surface area contributed by atoms with Gasteiger partial charge in [0.25, 0.3) is 0 Å². The first-order valence-electron chi connectivity index (χ1n) is 11.5. The molecule has 4 bridgehead atoms. The number of urea groups is 1. The van der Waals surface area contributed by atoms with E-state index in [-0.39, 0.29) is 35.4 Å². The zero-order valence-corrected chi connectivity index (χ0v) is 17.6. The average molecular weight is 427 g/mol. The van der Waals surface area contributed by atoms with Crippen molar-refractivity contribution in [3.8, 4) is 5.75 Å². The van der Waals surface area contributed by atoms with Crippen molar-refractivity contribution in [2.75, 3.05) is 0 Å². The van der Waals surface area contributed by atoms with Crippen LogP contribution in [-0.2, 0) is 4.79 Å². The van der Waals surface area contributed by atoms with Crippen molar-refractivity contribution < 1.29 is 24.2 Å². The minimum atomic E-state index is -0.952. The Morgan fingerprint density at radius 1 is 0.968 bits per heavy atom. The highest BCUT2D eigenvalue weighted by atomic mass is 16.5. The standard InChI is InChI=1S/C24H30N2O5/c27-21-17-10-14-9-15(11-17)13-24(21,12-14)26-23(30)25-18-3-7-20(8-4-18)31-19-5-1-16(2-6-19)22(28)29/h1-2,5-6,14-15,17-18,20H,3-4,7-13H2,(H,28,29)(H2,25,26,30)/t14?,15?,17?,18-,20-,24?. The molecule has 1 aromatic rings. The zero-order chi connectivity index (χ0) is 21.6. The van der Waals surface area contributed by atoms with Gasteiger partial charge in [0, 0.05) is 12.0 Å². The van der Waals surface area contributed by atoms with Crippen molar-refractivity contribution in [2.45, 2.75) is 75.5 Å². The summed E-state index contributed by atoms with van der Waals surface area (Å²) in [5.74, 6) is 1.32. The van der Waals surface area contributed by atoms with E-state index in [0.717, 1.165) is 51.4 Å². The Balaban J connectivity index is 1.10. The Hall–Kier alpha value is -2.57. The topological polar surface area (TPSA) is 105 Å². The second kappa shape index (κ2) is 7.84. The Morgan fingerprint density at radius 2 is 1.61 bits per heavy atom. The third-order valence-corrected chi connectivity index (χ3v) is 7.79. The second-order valence-corrected chi connectivity index (χ2v) is 10.0. The number of ether oxygens (including phenoxy) is 1. The molecule has 0 saturated heterocycles. The molecule has 0 aromatic heterocycles. The highest BCUT2D eigenvalue weighted by Crippen LogP contribution is 2.53. The fraction of sp³-hybridized carbons (Fsp3) is 0.625. The number of Topliss-reactive ketones (excluding diaryl/α,β-unsaturated/α-hetero) is 1. The molecule has 0 spiro atoms. The summed E-state index contributed by atoms with van der Waals surface area (Å²) in [6, 6.07) is 6.33. The molecule has 3 N–H and O–H groups in total. The first-order valence-corrected chi connectivity index (χ1v) is 11.5.